The quantitative estimate of drug-likeness (QED) is 0.647. The molecule has 4 heteroatoms. The van der Waals surface area contributed by atoms with Gasteiger partial charge in [-0.25, -0.2) is 9.97 Å². The molecule has 0 spiro atoms. The second-order valence-corrected chi connectivity index (χ2v) is 5.20. The van der Waals surface area contributed by atoms with Gasteiger partial charge in [0.2, 0.25) is 0 Å². The summed E-state index contributed by atoms with van der Waals surface area (Å²) in [7, 11) is 0. The zero-order valence-electron chi connectivity index (χ0n) is 11.4. The Morgan fingerprint density at radius 3 is 2.37 bits per heavy atom. The van der Waals surface area contributed by atoms with E-state index < -0.39 is 0 Å². The third-order valence-electron chi connectivity index (χ3n) is 2.81. The first kappa shape index (κ1) is 14.0. The van der Waals surface area contributed by atoms with Gasteiger partial charge >= 0.3 is 0 Å². The number of rotatable bonds is 6. The largest absolute Gasteiger partial charge is 0.313 e. The van der Waals surface area contributed by atoms with Crippen LogP contribution in [0.5, 0.6) is 0 Å². The van der Waals surface area contributed by atoms with Gasteiger partial charge in [0.05, 0.1) is 0 Å². The van der Waals surface area contributed by atoms with E-state index in [1.807, 2.05) is 12.4 Å². The molecule has 0 atom stereocenters. The van der Waals surface area contributed by atoms with Crippen molar-refractivity contribution in [1.29, 1.82) is 0 Å². The van der Waals surface area contributed by atoms with Crippen molar-refractivity contribution in [3.63, 3.8) is 0 Å². The van der Waals surface area contributed by atoms with Crippen LogP contribution in [-0.2, 0) is 6.54 Å². The molecule has 0 aliphatic carbocycles. The fraction of sp³-hybridized carbons (Fsp3) is 0.333. The minimum atomic E-state index is 0.784. The maximum absolute atomic E-state index is 4.43. The van der Waals surface area contributed by atoms with Gasteiger partial charge in [-0.2, -0.15) is 0 Å². The van der Waals surface area contributed by atoms with E-state index in [0.717, 1.165) is 36.5 Å². The Balaban J connectivity index is 2.04. The summed E-state index contributed by atoms with van der Waals surface area (Å²) in [4.78, 5) is 10.1. The van der Waals surface area contributed by atoms with Gasteiger partial charge in [0.25, 0.3) is 0 Å². The summed E-state index contributed by atoms with van der Waals surface area (Å²) in [6.45, 7) is 4.02. The van der Waals surface area contributed by atoms with Gasteiger partial charge in [-0.3, -0.25) is 0 Å². The Morgan fingerprint density at radius 2 is 1.79 bits per heavy atom. The Hall–Kier alpha value is -1.39. The van der Waals surface area contributed by atoms with Gasteiger partial charge in [0, 0.05) is 35.0 Å². The first-order valence-corrected chi connectivity index (χ1v) is 7.72. The van der Waals surface area contributed by atoms with E-state index in [9.17, 15) is 0 Å². The van der Waals surface area contributed by atoms with E-state index in [0.29, 0.717) is 0 Å². The van der Waals surface area contributed by atoms with Crippen LogP contribution in [0.25, 0.3) is 11.4 Å². The smallest absolute Gasteiger partial charge is 0.159 e. The number of aromatic nitrogens is 2. The van der Waals surface area contributed by atoms with Crippen molar-refractivity contribution in [2.45, 2.75) is 24.8 Å². The number of hydrogen-bond donors (Lipinski definition) is 1. The van der Waals surface area contributed by atoms with Crippen molar-refractivity contribution in [1.82, 2.24) is 15.3 Å². The molecule has 0 aliphatic heterocycles. The maximum atomic E-state index is 4.43. The molecule has 0 amide bonds. The molecule has 1 N–H and O–H groups in total. The highest BCUT2D eigenvalue weighted by atomic mass is 32.2. The van der Waals surface area contributed by atoms with Crippen LogP contribution in [0.3, 0.4) is 0 Å². The SMILES string of the molecule is CCCNCc1cnc(-c2ccc(SC)cc2)nc1. The lowest BCUT2D eigenvalue weighted by molar-refractivity contribution is 0.672. The maximum Gasteiger partial charge on any atom is 0.159 e. The summed E-state index contributed by atoms with van der Waals surface area (Å²) in [6.07, 6.45) is 7.01. The lowest BCUT2D eigenvalue weighted by atomic mass is 10.2. The summed E-state index contributed by atoms with van der Waals surface area (Å²) in [6, 6.07) is 8.33. The highest BCUT2D eigenvalue weighted by Crippen LogP contribution is 2.20. The van der Waals surface area contributed by atoms with E-state index >= 15 is 0 Å². The zero-order valence-corrected chi connectivity index (χ0v) is 12.2. The number of benzene rings is 1. The molecule has 1 aromatic carbocycles. The van der Waals surface area contributed by atoms with Crippen molar-refractivity contribution in [2.75, 3.05) is 12.8 Å². The third-order valence-corrected chi connectivity index (χ3v) is 3.55. The summed E-state index contributed by atoms with van der Waals surface area (Å²) >= 11 is 1.74. The van der Waals surface area contributed by atoms with Crippen LogP contribution in [0.2, 0.25) is 0 Å². The monoisotopic (exact) mass is 273 g/mol. The van der Waals surface area contributed by atoms with Crippen LogP contribution >= 0.6 is 11.8 Å². The van der Waals surface area contributed by atoms with Crippen molar-refractivity contribution in [3.05, 3.63) is 42.2 Å². The molecule has 0 saturated carbocycles. The topological polar surface area (TPSA) is 37.8 Å². The predicted octanol–water partition coefficient (Wildman–Crippen LogP) is 3.37. The average Bonchev–Trinajstić information content (AvgIpc) is 2.48. The Morgan fingerprint density at radius 1 is 1.11 bits per heavy atom. The van der Waals surface area contributed by atoms with Crippen molar-refractivity contribution < 1.29 is 0 Å². The first-order chi connectivity index (χ1) is 9.33. The van der Waals surface area contributed by atoms with Crippen LogP contribution in [0.4, 0.5) is 0 Å². The summed E-state index contributed by atoms with van der Waals surface area (Å²) in [5.74, 6) is 0.784. The van der Waals surface area contributed by atoms with Crippen LogP contribution < -0.4 is 5.32 Å². The highest BCUT2D eigenvalue weighted by Gasteiger charge is 2.01. The minimum absolute atomic E-state index is 0.784. The predicted molar refractivity (Wildman–Crippen MR) is 81.2 cm³/mol. The number of thioether (sulfide) groups is 1. The van der Waals surface area contributed by atoms with Gasteiger partial charge in [0.15, 0.2) is 5.82 Å². The fourth-order valence-corrected chi connectivity index (χ4v) is 2.15. The number of nitrogens with one attached hydrogen (secondary N) is 1. The molecule has 2 rings (SSSR count). The fourth-order valence-electron chi connectivity index (χ4n) is 1.74. The van der Waals surface area contributed by atoms with Crippen molar-refractivity contribution in [3.8, 4) is 11.4 Å². The Labute approximate surface area is 118 Å². The molecule has 0 radical (unpaired) electrons. The number of hydrogen-bond acceptors (Lipinski definition) is 4. The second-order valence-electron chi connectivity index (χ2n) is 4.32. The molecule has 0 aliphatic rings. The van der Waals surface area contributed by atoms with E-state index in [1.54, 1.807) is 11.8 Å². The molecule has 19 heavy (non-hydrogen) atoms. The highest BCUT2D eigenvalue weighted by molar-refractivity contribution is 7.98. The molecule has 0 bridgehead atoms. The Bertz CT molecular complexity index is 494. The normalized spacial score (nSPS) is 10.6. The van der Waals surface area contributed by atoms with Crippen LogP contribution in [0.1, 0.15) is 18.9 Å². The molecule has 3 nitrogen and oxygen atoms in total. The van der Waals surface area contributed by atoms with Crippen LogP contribution in [0, 0.1) is 0 Å². The lowest BCUT2D eigenvalue weighted by Gasteiger charge is -2.04. The van der Waals surface area contributed by atoms with Crippen LogP contribution in [-0.4, -0.2) is 22.8 Å². The molecule has 0 saturated heterocycles. The van der Waals surface area contributed by atoms with E-state index in [1.165, 1.54) is 4.90 Å². The van der Waals surface area contributed by atoms with E-state index in [4.69, 9.17) is 0 Å². The van der Waals surface area contributed by atoms with Gasteiger partial charge < -0.3 is 5.32 Å². The summed E-state index contributed by atoms with van der Waals surface area (Å²) < 4.78 is 0. The molecule has 1 heterocycles. The van der Waals surface area contributed by atoms with Crippen LogP contribution in [0.15, 0.2) is 41.6 Å². The molecule has 2 aromatic rings. The summed E-state index contributed by atoms with van der Waals surface area (Å²) in [5, 5.41) is 3.34. The Kier molecular flexibility index (Phi) is 5.36. The summed E-state index contributed by atoms with van der Waals surface area (Å²) in [5.41, 5.74) is 2.18. The standard InChI is InChI=1S/C15H19N3S/c1-3-8-16-9-12-10-17-15(18-11-12)13-4-6-14(19-2)7-5-13/h4-7,10-11,16H,3,8-9H2,1-2H3. The third kappa shape index (κ3) is 4.04. The van der Waals surface area contributed by atoms with Crippen molar-refractivity contribution >= 4 is 11.8 Å². The van der Waals surface area contributed by atoms with Crippen molar-refractivity contribution in [2.24, 2.45) is 0 Å². The van der Waals surface area contributed by atoms with E-state index in [-0.39, 0.29) is 0 Å². The molecular formula is C15H19N3S. The second kappa shape index (κ2) is 7.26. The number of nitrogens with zero attached hydrogens (tertiary/aromatic N) is 2. The van der Waals surface area contributed by atoms with Gasteiger partial charge in [0.1, 0.15) is 0 Å². The lowest BCUT2D eigenvalue weighted by Crippen LogP contribution is -2.14. The van der Waals surface area contributed by atoms with Gasteiger partial charge in [-0.15, -0.1) is 11.8 Å². The minimum Gasteiger partial charge on any atom is -0.313 e. The first-order valence-electron chi connectivity index (χ1n) is 6.49. The molecule has 0 unspecified atom stereocenters. The average molecular weight is 273 g/mol. The molecular weight excluding hydrogens is 254 g/mol. The van der Waals surface area contributed by atoms with Gasteiger partial charge in [-0.05, 0) is 31.4 Å². The van der Waals surface area contributed by atoms with E-state index in [2.05, 4.69) is 52.7 Å². The zero-order chi connectivity index (χ0) is 13.5. The van der Waals surface area contributed by atoms with Gasteiger partial charge in [-0.1, -0.05) is 19.1 Å². The molecule has 0 fully saturated rings. The molecule has 1 aromatic heterocycles. The molecule has 100 valence electrons.